The number of rotatable bonds is 5. The molecule has 7 nitrogen and oxygen atoms in total. The van der Waals surface area contributed by atoms with Gasteiger partial charge in [-0.2, -0.15) is 0 Å². The van der Waals surface area contributed by atoms with Crippen molar-refractivity contribution in [1.82, 2.24) is 15.5 Å². The molecule has 0 unspecified atom stereocenters. The summed E-state index contributed by atoms with van der Waals surface area (Å²) in [7, 11) is 0. The first-order valence-electron chi connectivity index (χ1n) is 8.65. The van der Waals surface area contributed by atoms with Gasteiger partial charge >= 0.3 is 6.03 Å². The number of aliphatic hydroxyl groups is 2. The summed E-state index contributed by atoms with van der Waals surface area (Å²) in [6, 6.07) is -0.356. The summed E-state index contributed by atoms with van der Waals surface area (Å²) in [5.41, 5.74) is 0. The number of aliphatic hydroxyl groups excluding tert-OH is 2. The van der Waals surface area contributed by atoms with E-state index in [-0.39, 0.29) is 43.2 Å². The first-order chi connectivity index (χ1) is 10.9. The van der Waals surface area contributed by atoms with E-state index in [4.69, 9.17) is 4.74 Å². The van der Waals surface area contributed by atoms with Crippen molar-refractivity contribution in [2.24, 2.45) is 5.92 Å². The number of nitrogens with one attached hydrogen (secondary N) is 2. The molecule has 2 amide bonds. The van der Waals surface area contributed by atoms with Gasteiger partial charge in [0.25, 0.3) is 0 Å². The molecule has 0 aromatic carbocycles. The Kier molecular flexibility index (Phi) is 8.73. The molecule has 2 aliphatic heterocycles. The molecule has 4 N–H and O–H groups in total. The molecule has 8 heteroatoms. The van der Waals surface area contributed by atoms with Gasteiger partial charge in [0.1, 0.15) is 12.2 Å². The molecule has 0 aromatic heterocycles. The van der Waals surface area contributed by atoms with E-state index in [1.165, 1.54) is 0 Å². The Labute approximate surface area is 150 Å². The Morgan fingerprint density at radius 3 is 2.46 bits per heavy atom. The Morgan fingerprint density at radius 2 is 1.92 bits per heavy atom. The molecule has 24 heavy (non-hydrogen) atoms. The molecule has 0 radical (unpaired) electrons. The van der Waals surface area contributed by atoms with E-state index in [1.807, 2.05) is 13.8 Å². The quantitative estimate of drug-likeness (QED) is 0.563. The third kappa shape index (κ3) is 5.46. The van der Waals surface area contributed by atoms with Crippen molar-refractivity contribution in [2.45, 2.75) is 64.0 Å². The van der Waals surface area contributed by atoms with E-state index < -0.39 is 12.2 Å². The van der Waals surface area contributed by atoms with Crippen LogP contribution in [0, 0.1) is 5.92 Å². The maximum atomic E-state index is 11.8. The predicted octanol–water partition coefficient (Wildman–Crippen LogP) is 0.337. The highest BCUT2D eigenvalue weighted by Crippen LogP contribution is 2.29. The second-order valence-electron chi connectivity index (χ2n) is 7.10. The minimum Gasteiger partial charge on any atom is -0.394 e. The van der Waals surface area contributed by atoms with Crippen LogP contribution in [-0.4, -0.2) is 77.8 Å². The molecule has 2 heterocycles. The number of urea groups is 1. The number of halogens is 1. The van der Waals surface area contributed by atoms with Crippen molar-refractivity contribution in [1.29, 1.82) is 0 Å². The van der Waals surface area contributed by atoms with E-state index in [0.717, 1.165) is 25.9 Å². The van der Waals surface area contributed by atoms with Crippen LogP contribution in [0.5, 0.6) is 0 Å². The third-order valence-electron chi connectivity index (χ3n) is 4.76. The van der Waals surface area contributed by atoms with Gasteiger partial charge in [-0.3, -0.25) is 4.90 Å². The van der Waals surface area contributed by atoms with Crippen LogP contribution in [0.25, 0.3) is 0 Å². The lowest BCUT2D eigenvalue weighted by Gasteiger charge is -2.38. The van der Waals surface area contributed by atoms with Crippen molar-refractivity contribution in [3.8, 4) is 0 Å². The molecule has 2 aliphatic rings. The number of hydrogen-bond donors (Lipinski definition) is 4. The minimum absolute atomic E-state index is 0. The van der Waals surface area contributed by atoms with Crippen molar-refractivity contribution in [3.63, 3.8) is 0 Å². The lowest BCUT2D eigenvalue weighted by atomic mass is 9.94. The molecule has 2 saturated heterocycles. The van der Waals surface area contributed by atoms with Crippen molar-refractivity contribution < 1.29 is 19.7 Å². The molecule has 0 aliphatic carbocycles. The van der Waals surface area contributed by atoms with Crippen LogP contribution in [-0.2, 0) is 4.74 Å². The molecule has 0 aromatic rings. The second kappa shape index (κ2) is 9.77. The minimum atomic E-state index is -0.728. The maximum absolute atomic E-state index is 11.8. The SMILES string of the molecule is CC1CCN([C@@H]2[C@H](O)[C@H](CO)O[C@@H]2CNC(=O)NC(C)C)CC1.Cl. The van der Waals surface area contributed by atoms with Gasteiger partial charge in [0.2, 0.25) is 0 Å². The predicted molar refractivity (Wildman–Crippen MR) is 94.4 cm³/mol. The monoisotopic (exact) mass is 365 g/mol. The Bertz CT molecular complexity index is 392. The first kappa shape index (κ1) is 21.4. The van der Waals surface area contributed by atoms with Crippen LogP contribution in [0.2, 0.25) is 0 Å². The van der Waals surface area contributed by atoms with Gasteiger partial charge in [-0.15, -0.1) is 12.4 Å². The zero-order valence-electron chi connectivity index (χ0n) is 14.8. The summed E-state index contributed by atoms with van der Waals surface area (Å²) in [5, 5.41) is 25.5. The molecular formula is C16H32ClN3O4. The van der Waals surface area contributed by atoms with Gasteiger partial charge in [0.15, 0.2) is 0 Å². The second-order valence-corrected chi connectivity index (χ2v) is 7.10. The average Bonchev–Trinajstić information content (AvgIpc) is 2.81. The normalized spacial score (nSPS) is 31.8. The Morgan fingerprint density at radius 1 is 1.29 bits per heavy atom. The van der Waals surface area contributed by atoms with E-state index in [2.05, 4.69) is 22.5 Å². The summed E-state index contributed by atoms with van der Waals surface area (Å²) in [6.07, 6.45) is 0.572. The summed E-state index contributed by atoms with van der Waals surface area (Å²) in [6.45, 7) is 7.98. The molecule has 0 bridgehead atoms. The Hall–Kier alpha value is -0.600. The topological polar surface area (TPSA) is 94.1 Å². The standard InChI is InChI=1S/C16H31N3O4.ClH/c1-10(2)18-16(22)17-8-12-14(15(21)13(9-20)23-12)19-6-4-11(3)5-7-19;/h10-15,20-21H,4-9H2,1-3H3,(H2,17,18,22);1H/t12-,13+,14+,15-;/m1./s1. The number of piperidine rings is 1. The van der Waals surface area contributed by atoms with E-state index >= 15 is 0 Å². The van der Waals surface area contributed by atoms with Crippen LogP contribution in [0.3, 0.4) is 0 Å². The maximum Gasteiger partial charge on any atom is 0.315 e. The number of nitrogens with zero attached hydrogens (tertiary/aromatic N) is 1. The number of ether oxygens (including phenoxy) is 1. The zero-order valence-corrected chi connectivity index (χ0v) is 15.6. The molecule has 0 spiro atoms. The lowest BCUT2D eigenvalue weighted by molar-refractivity contribution is -0.0206. The molecule has 142 valence electrons. The summed E-state index contributed by atoms with van der Waals surface area (Å²) in [5.74, 6) is 0.702. The van der Waals surface area contributed by atoms with Gasteiger partial charge in [-0.1, -0.05) is 6.92 Å². The number of carbonyl (C=O) groups is 1. The van der Waals surface area contributed by atoms with E-state index in [0.29, 0.717) is 12.5 Å². The lowest BCUT2D eigenvalue weighted by Crippen LogP contribution is -2.54. The molecule has 0 saturated carbocycles. The van der Waals surface area contributed by atoms with Crippen LogP contribution < -0.4 is 10.6 Å². The van der Waals surface area contributed by atoms with Gasteiger partial charge < -0.3 is 25.6 Å². The molecular weight excluding hydrogens is 334 g/mol. The number of amides is 2. The Balaban J connectivity index is 0.00000288. The van der Waals surface area contributed by atoms with Gasteiger partial charge in [0.05, 0.1) is 18.8 Å². The number of hydrogen-bond acceptors (Lipinski definition) is 5. The van der Waals surface area contributed by atoms with Crippen molar-refractivity contribution in [2.75, 3.05) is 26.2 Å². The fraction of sp³-hybridized carbons (Fsp3) is 0.938. The van der Waals surface area contributed by atoms with Crippen LogP contribution in [0.15, 0.2) is 0 Å². The average molecular weight is 366 g/mol. The summed E-state index contributed by atoms with van der Waals surface area (Å²) in [4.78, 5) is 14.0. The third-order valence-corrected chi connectivity index (χ3v) is 4.76. The van der Waals surface area contributed by atoms with E-state index in [1.54, 1.807) is 0 Å². The van der Waals surface area contributed by atoms with Gasteiger partial charge in [-0.25, -0.2) is 4.79 Å². The van der Waals surface area contributed by atoms with Crippen LogP contribution in [0.4, 0.5) is 4.79 Å². The van der Waals surface area contributed by atoms with Gasteiger partial charge in [-0.05, 0) is 45.7 Å². The van der Waals surface area contributed by atoms with E-state index in [9.17, 15) is 15.0 Å². The summed E-state index contributed by atoms with van der Waals surface area (Å²) < 4.78 is 5.79. The number of likely N-dealkylation sites (tertiary alicyclic amines) is 1. The van der Waals surface area contributed by atoms with Gasteiger partial charge in [0, 0.05) is 12.6 Å². The van der Waals surface area contributed by atoms with Crippen molar-refractivity contribution in [3.05, 3.63) is 0 Å². The highest BCUT2D eigenvalue weighted by Gasteiger charge is 2.46. The highest BCUT2D eigenvalue weighted by molar-refractivity contribution is 5.85. The zero-order chi connectivity index (χ0) is 17.0. The molecule has 4 atom stereocenters. The first-order valence-corrected chi connectivity index (χ1v) is 8.65. The fourth-order valence-electron chi connectivity index (χ4n) is 3.43. The molecule has 2 fully saturated rings. The largest absolute Gasteiger partial charge is 0.394 e. The number of carbonyl (C=O) groups excluding carboxylic acids is 1. The summed E-state index contributed by atoms with van der Waals surface area (Å²) >= 11 is 0. The molecule has 2 rings (SSSR count). The fourth-order valence-corrected chi connectivity index (χ4v) is 3.43. The smallest absolute Gasteiger partial charge is 0.315 e. The van der Waals surface area contributed by atoms with Crippen LogP contribution in [0.1, 0.15) is 33.6 Å². The van der Waals surface area contributed by atoms with Crippen molar-refractivity contribution >= 4 is 18.4 Å². The highest BCUT2D eigenvalue weighted by atomic mass is 35.5. The van der Waals surface area contributed by atoms with Crippen LogP contribution >= 0.6 is 12.4 Å².